The lowest BCUT2D eigenvalue weighted by Crippen LogP contribution is -2.02. The molecule has 21 heavy (non-hydrogen) atoms. The zero-order chi connectivity index (χ0) is 15.4. The quantitative estimate of drug-likeness (QED) is 0.507. The summed E-state index contributed by atoms with van der Waals surface area (Å²) in [5.41, 5.74) is 6.69. The van der Waals surface area contributed by atoms with Crippen LogP contribution >= 0.6 is 0 Å². The van der Waals surface area contributed by atoms with E-state index in [0.29, 0.717) is 17.0 Å². The Labute approximate surface area is 120 Å². The first-order valence-electron chi connectivity index (χ1n) is 5.95. The van der Waals surface area contributed by atoms with E-state index in [2.05, 4.69) is 5.32 Å². The lowest BCUT2D eigenvalue weighted by atomic mass is 10.2. The fourth-order valence-electron chi connectivity index (χ4n) is 1.88. The maximum Gasteiger partial charge on any atom is 0.315 e. The number of rotatable bonds is 4. The van der Waals surface area contributed by atoms with Gasteiger partial charge in [-0.15, -0.1) is 0 Å². The molecule has 0 aliphatic carbocycles. The molecule has 0 bridgehead atoms. The molecule has 2 rings (SSSR count). The lowest BCUT2D eigenvalue weighted by molar-refractivity contribution is -0.383. The zero-order valence-corrected chi connectivity index (χ0v) is 11.2. The second kappa shape index (κ2) is 5.79. The zero-order valence-electron chi connectivity index (χ0n) is 11.2. The molecule has 0 atom stereocenters. The maximum absolute atomic E-state index is 11.1. The third kappa shape index (κ3) is 2.84. The Hall–Kier alpha value is -3.27. The number of nitrogen functional groups attached to an aromatic ring is 1. The summed E-state index contributed by atoms with van der Waals surface area (Å²) in [6.07, 6.45) is 0. The van der Waals surface area contributed by atoms with E-state index < -0.39 is 4.92 Å². The summed E-state index contributed by atoms with van der Waals surface area (Å²) >= 11 is 0. The van der Waals surface area contributed by atoms with Crippen molar-refractivity contribution in [2.45, 2.75) is 0 Å². The average molecular weight is 284 g/mol. The van der Waals surface area contributed by atoms with E-state index >= 15 is 0 Å². The van der Waals surface area contributed by atoms with Gasteiger partial charge in [-0.2, -0.15) is 5.26 Å². The number of benzene rings is 2. The fourth-order valence-corrected chi connectivity index (χ4v) is 1.88. The fraction of sp³-hybridized carbons (Fsp3) is 0.0714. The van der Waals surface area contributed by atoms with Crippen molar-refractivity contribution in [1.29, 1.82) is 5.26 Å². The van der Waals surface area contributed by atoms with Crippen LogP contribution in [-0.4, -0.2) is 12.0 Å². The summed E-state index contributed by atoms with van der Waals surface area (Å²) < 4.78 is 5.18. The molecule has 0 unspecified atom stereocenters. The monoisotopic (exact) mass is 284 g/mol. The molecule has 2 aromatic rings. The molecule has 0 fully saturated rings. The summed E-state index contributed by atoms with van der Waals surface area (Å²) in [5.74, 6) is 0.408. The molecule has 3 N–H and O–H groups in total. The standard InChI is InChI=1S/C14H12N4O3/c1-21-13-7-9(8-15)5-6-11(13)17-12-4-2-3-10(16)14(12)18(19)20/h2-7,17H,16H2,1H3. The first kappa shape index (κ1) is 14.1. The highest BCUT2D eigenvalue weighted by atomic mass is 16.6. The minimum absolute atomic E-state index is 0.0672. The Kier molecular flexibility index (Phi) is 3.90. The van der Waals surface area contributed by atoms with Gasteiger partial charge in [-0.3, -0.25) is 10.1 Å². The van der Waals surface area contributed by atoms with Crippen LogP contribution in [-0.2, 0) is 0 Å². The van der Waals surface area contributed by atoms with E-state index in [9.17, 15) is 10.1 Å². The van der Waals surface area contributed by atoms with Crippen LogP contribution in [0.1, 0.15) is 5.56 Å². The molecule has 0 aromatic heterocycles. The van der Waals surface area contributed by atoms with E-state index in [1.165, 1.54) is 13.2 Å². The van der Waals surface area contributed by atoms with Crippen molar-refractivity contribution >= 4 is 22.7 Å². The molecule has 0 aliphatic heterocycles. The number of nitro benzene ring substituents is 1. The molecule has 2 aromatic carbocycles. The summed E-state index contributed by atoms with van der Waals surface area (Å²) in [4.78, 5) is 10.6. The highest BCUT2D eigenvalue weighted by molar-refractivity contribution is 5.80. The molecule has 0 aliphatic rings. The number of nitrogens with zero attached hydrogens (tertiary/aromatic N) is 2. The molecule has 0 saturated carbocycles. The van der Waals surface area contributed by atoms with Crippen LogP contribution < -0.4 is 15.8 Å². The van der Waals surface area contributed by atoms with Gasteiger partial charge in [-0.1, -0.05) is 6.07 Å². The van der Waals surface area contributed by atoms with Gasteiger partial charge < -0.3 is 15.8 Å². The summed E-state index contributed by atoms with van der Waals surface area (Å²) in [6.45, 7) is 0. The SMILES string of the molecule is COc1cc(C#N)ccc1Nc1cccc(N)c1[N+](=O)[O-]. The number of hydrogen-bond acceptors (Lipinski definition) is 6. The molecule has 106 valence electrons. The molecule has 7 nitrogen and oxygen atoms in total. The van der Waals surface area contributed by atoms with Gasteiger partial charge in [-0.25, -0.2) is 0 Å². The van der Waals surface area contributed by atoms with Crippen LogP contribution in [0.2, 0.25) is 0 Å². The molecule has 0 radical (unpaired) electrons. The summed E-state index contributed by atoms with van der Waals surface area (Å²) in [6, 6.07) is 11.4. The van der Waals surface area contributed by atoms with Crippen molar-refractivity contribution < 1.29 is 9.66 Å². The Morgan fingerprint density at radius 2 is 2.10 bits per heavy atom. The maximum atomic E-state index is 11.1. The van der Waals surface area contributed by atoms with Gasteiger partial charge in [0.25, 0.3) is 0 Å². The third-order valence-corrected chi connectivity index (χ3v) is 2.85. The third-order valence-electron chi connectivity index (χ3n) is 2.85. The van der Waals surface area contributed by atoms with Crippen molar-refractivity contribution in [3.8, 4) is 11.8 Å². The summed E-state index contributed by atoms with van der Waals surface area (Å²) in [5, 5.41) is 22.9. The topological polar surface area (TPSA) is 114 Å². The molecule has 0 amide bonds. The first-order valence-corrected chi connectivity index (χ1v) is 5.95. The van der Waals surface area contributed by atoms with E-state index in [1.807, 2.05) is 6.07 Å². The van der Waals surface area contributed by atoms with E-state index in [1.54, 1.807) is 30.3 Å². The lowest BCUT2D eigenvalue weighted by Gasteiger charge is -2.12. The van der Waals surface area contributed by atoms with Crippen LogP contribution in [0.5, 0.6) is 5.75 Å². The van der Waals surface area contributed by atoms with Gasteiger partial charge in [0.2, 0.25) is 0 Å². The Morgan fingerprint density at radius 1 is 1.33 bits per heavy atom. The van der Waals surface area contributed by atoms with Crippen LogP contribution in [0, 0.1) is 21.4 Å². The predicted molar refractivity (Wildman–Crippen MR) is 78.5 cm³/mol. The van der Waals surface area contributed by atoms with Crippen LogP contribution in [0.25, 0.3) is 0 Å². The van der Waals surface area contributed by atoms with Crippen molar-refractivity contribution in [1.82, 2.24) is 0 Å². The Balaban J connectivity index is 2.46. The number of nitrogens with one attached hydrogen (secondary N) is 1. The van der Waals surface area contributed by atoms with Gasteiger partial charge >= 0.3 is 5.69 Å². The van der Waals surface area contributed by atoms with Crippen LogP contribution in [0.15, 0.2) is 36.4 Å². The molecule has 0 saturated heterocycles. The van der Waals surface area contributed by atoms with Crippen molar-refractivity contribution in [2.24, 2.45) is 0 Å². The molecular formula is C14H12N4O3. The van der Waals surface area contributed by atoms with Crippen LogP contribution in [0.3, 0.4) is 0 Å². The minimum Gasteiger partial charge on any atom is -0.495 e. The smallest absolute Gasteiger partial charge is 0.315 e. The normalized spacial score (nSPS) is 9.71. The van der Waals surface area contributed by atoms with Crippen LogP contribution in [0.4, 0.5) is 22.7 Å². The number of para-hydroxylation sites is 1. The van der Waals surface area contributed by atoms with Crippen molar-refractivity contribution in [2.75, 3.05) is 18.2 Å². The van der Waals surface area contributed by atoms with Gasteiger partial charge in [0, 0.05) is 6.07 Å². The second-order valence-electron chi connectivity index (χ2n) is 4.15. The number of methoxy groups -OCH3 is 1. The summed E-state index contributed by atoms with van der Waals surface area (Å²) in [7, 11) is 1.45. The number of nitrogens with two attached hydrogens (primary N) is 1. The largest absolute Gasteiger partial charge is 0.495 e. The highest BCUT2D eigenvalue weighted by Gasteiger charge is 2.18. The average Bonchev–Trinajstić information content (AvgIpc) is 2.47. The van der Waals surface area contributed by atoms with Crippen molar-refractivity contribution in [3.05, 3.63) is 52.1 Å². The highest BCUT2D eigenvalue weighted by Crippen LogP contribution is 2.35. The number of ether oxygens (including phenoxy) is 1. The first-order chi connectivity index (χ1) is 10.1. The second-order valence-corrected chi connectivity index (χ2v) is 4.15. The minimum atomic E-state index is -0.548. The van der Waals surface area contributed by atoms with Gasteiger partial charge in [-0.05, 0) is 24.3 Å². The number of anilines is 3. The number of nitro groups is 1. The van der Waals surface area contributed by atoms with Gasteiger partial charge in [0.15, 0.2) is 0 Å². The molecule has 7 heteroatoms. The number of hydrogen-bond donors (Lipinski definition) is 2. The Morgan fingerprint density at radius 3 is 2.71 bits per heavy atom. The van der Waals surface area contributed by atoms with E-state index in [0.717, 1.165) is 0 Å². The van der Waals surface area contributed by atoms with Gasteiger partial charge in [0.1, 0.15) is 17.1 Å². The predicted octanol–water partition coefficient (Wildman–Crippen LogP) is 2.80. The number of nitriles is 1. The molecule has 0 heterocycles. The van der Waals surface area contributed by atoms with E-state index in [4.69, 9.17) is 15.7 Å². The molecule has 0 spiro atoms. The Bertz CT molecular complexity index is 737. The van der Waals surface area contributed by atoms with E-state index in [-0.39, 0.29) is 17.1 Å². The van der Waals surface area contributed by atoms with Crippen molar-refractivity contribution in [3.63, 3.8) is 0 Å². The molecular weight excluding hydrogens is 272 g/mol. The van der Waals surface area contributed by atoms with Gasteiger partial charge in [0.05, 0.1) is 29.4 Å².